The minimum Gasteiger partial charge on any atom is -0.369 e. The molecule has 1 fully saturated rings. The summed E-state index contributed by atoms with van der Waals surface area (Å²) in [5.74, 6) is -0.916. The number of hydrogen-bond donors (Lipinski definition) is 1. The zero-order chi connectivity index (χ0) is 15.6. The van der Waals surface area contributed by atoms with E-state index >= 15 is 0 Å². The third kappa shape index (κ3) is 4.26. The Morgan fingerprint density at radius 1 is 1.43 bits per heavy atom. The van der Waals surface area contributed by atoms with Crippen LogP contribution in [0.4, 0.5) is 0 Å². The van der Waals surface area contributed by atoms with E-state index in [1.165, 1.54) is 21.0 Å². The van der Waals surface area contributed by atoms with Crippen LogP contribution in [-0.4, -0.2) is 56.0 Å². The van der Waals surface area contributed by atoms with Crippen molar-refractivity contribution < 1.29 is 13.2 Å². The van der Waals surface area contributed by atoms with Gasteiger partial charge < -0.3 is 5.73 Å². The van der Waals surface area contributed by atoms with E-state index in [1.54, 1.807) is 11.3 Å². The zero-order valence-electron chi connectivity index (χ0n) is 12.3. The summed E-state index contributed by atoms with van der Waals surface area (Å²) >= 11 is 1.68. The summed E-state index contributed by atoms with van der Waals surface area (Å²) in [6.45, 7) is 4.46. The van der Waals surface area contributed by atoms with Gasteiger partial charge in [0.1, 0.15) is 0 Å². The van der Waals surface area contributed by atoms with Crippen molar-refractivity contribution in [1.29, 1.82) is 0 Å². The van der Waals surface area contributed by atoms with Crippen LogP contribution in [0.25, 0.3) is 0 Å². The van der Waals surface area contributed by atoms with E-state index in [9.17, 15) is 13.2 Å². The molecule has 0 aromatic carbocycles. The van der Waals surface area contributed by atoms with Crippen molar-refractivity contribution in [2.45, 2.75) is 13.5 Å². The molecule has 118 valence electrons. The Bertz CT molecular complexity index is 612. The highest BCUT2D eigenvalue weighted by Gasteiger charge is 2.30. The smallest absolute Gasteiger partial charge is 0.223 e. The minimum absolute atomic E-state index is 0.175. The van der Waals surface area contributed by atoms with Gasteiger partial charge in [-0.3, -0.25) is 9.69 Å². The average Bonchev–Trinajstić information content (AvgIpc) is 2.64. The van der Waals surface area contributed by atoms with Crippen LogP contribution in [0.2, 0.25) is 0 Å². The fraction of sp³-hybridized carbons (Fsp3) is 0.615. The Hall–Kier alpha value is -0.960. The van der Waals surface area contributed by atoms with Crippen LogP contribution in [0, 0.1) is 12.8 Å². The van der Waals surface area contributed by atoms with Gasteiger partial charge in [0.15, 0.2) is 0 Å². The fourth-order valence-electron chi connectivity index (χ4n) is 2.44. The Labute approximate surface area is 129 Å². The fourth-order valence-corrected chi connectivity index (χ4v) is 4.26. The van der Waals surface area contributed by atoms with Gasteiger partial charge in [-0.2, -0.15) is 0 Å². The number of nitrogens with zero attached hydrogens (tertiary/aromatic N) is 2. The lowest BCUT2D eigenvalue weighted by molar-refractivity contribution is -0.122. The van der Waals surface area contributed by atoms with Crippen LogP contribution >= 0.6 is 11.3 Å². The molecule has 0 bridgehead atoms. The van der Waals surface area contributed by atoms with Crippen molar-refractivity contribution in [2.24, 2.45) is 11.7 Å². The van der Waals surface area contributed by atoms with E-state index in [0.717, 1.165) is 6.54 Å². The SMILES string of the molecule is Cc1ccsc1CN1CCN(S(C)(=O)=O)C[C@@H](C(N)=O)C1. The van der Waals surface area contributed by atoms with E-state index in [2.05, 4.69) is 17.9 Å². The van der Waals surface area contributed by atoms with Gasteiger partial charge in [-0.1, -0.05) is 0 Å². The first-order valence-electron chi connectivity index (χ1n) is 6.77. The number of aryl methyl sites for hydroxylation is 1. The maximum absolute atomic E-state index is 11.7. The van der Waals surface area contributed by atoms with Gasteiger partial charge in [-0.05, 0) is 23.9 Å². The number of hydrogen-bond acceptors (Lipinski definition) is 5. The van der Waals surface area contributed by atoms with Gasteiger partial charge in [-0.25, -0.2) is 12.7 Å². The van der Waals surface area contributed by atoms with E-state index < -0.39 is 21.8 Å². The molecular formula is C13H21N3O3S2. The van der Waals surface area contributed by atoms with Gasteiger partial charge in [0.05, 0.1) is 12.2 Å². The maximum atomic E-state index is 11.7. The predicted molar refractivity (Wildman–Crippen MR) is 83.4 cm³/mol. The molecule has 0 aliphatic carbocycles. The monoisotopic (exact) mass is 331 g/mol. The molecule has 0 radical (unpaired) electrons. The molecule has 2 N–H and O–H groups in total. The number of sulfonamides is 1. The molecule has 1 aliphatic heterocycles. The maximum Gasteiger partial charge on any atom is 0.223 e. The first-order chi connectivity index (χ1) is 9.77. The van der Waals surface area contributed by atoms with Crippen molar-refractivity contribution in [3.05, 3.63) is 21.9 Å². The molecular weight excluding hydrogens is 310 g/mol. The quantitative estimate of drug-likeness (QED) is 0.856. The topological polar surface area (TPSA) is 83.7 Å². The predicted octanol–water partition coefficient (Wildman–Crippen LogP) is 0.235. The van der Waals surface area contributed by atoms with E-state index in [-0.39, 0.29) is 6.54 Å². The third-order valence-electron chi connectivity index (χ3n) is 3.78. The number of carbonyl (C=O) groups excluding carboxylic acids is 1. The molecule has 1 aromatic rings. The Kier molecular flexibility index (Phi) is 5.03. The highest BCUT2D eigenvalue weighted by Crippen LogP contribution is 2.20. The van der Waals surface area contributed by atoms with Crippen LogP contribution < -0.4 is 5.73 Å². The van der Waals surface area contributed by atoms with E-state index in [0.29, 0.717) is 19.6 Å². The van der Waals surface area contributed by atoms with Gasteiger partial charge in [0.25, 0.3) is 0 Å². The molecule has 21 heavy (non-hydrogen) atoms. The Morgan fingerprint density at radius 2 is 2.14 bits per heavy atom. The third-order valence-corrected chi connectivity index (χ3v) is 6.05. The van der Waals surface area contributed by atoms with Crippen LogP contribution in [0.5, 0.6) is 0 Å². The molecule has 0 spiro atoms. The second-order valence-electron chi connectivity index (χ2n) is 5.48. The number of nitrogens with two attached hydrogens (primary N) is 1. The highest BCUT2D eigenvalue weighted by atomic mass is 32.2. The summed E-state index contributed by atoms with van der Waals surface area (Å²) in [7, 11) is -3.31. The normalized spacial score (nSPS) is 22.1. The average molecular weight is 331 g/mol. The van der Waals surface area contributed by atoms with Crippen molar-refractivity contribution in [1.82, 2.24) is 9.21 Å². The van der Waals surface area contributed by atoms with Crippen molar-refractivity contribution in [3.63, 3.8) is 0 Å². The molecule has 1 atom stereocenters. The lowest BCUT2D eigenvalue weighted by Gasteiger charge is -2.21. The molecule has 6 nitrogen and oxygen atoms in total. The number of rotatable bonds is 4. The van der Waals surface area contributed by atoms with Crippen molar-refractivity contribution in [3.8, 4) is 0 Å². The summed E-state index contributed by atoms with van der Waals surface area (Å²) in [5.41, 5.74) is 6.65. The first-order valence-corrected chi connectivity index (χ1v) is 9.50. The Morgan fingerprint density at radius 3 is 2.67 bits per heavy atom. The second kappa shape index (κ2) is 6.43. The molecule has 1 saturated heterocycles. The molecule has 2 rings (SSSR count). The molecule has 1 aliphatic rings. The lowest BCUT2D eigenvalue weighted by Crippen LogP contribution is -2.40. The van der Waals surface area contributed by atoms with Crippen LogP contribution in [0.15, 0.2) is 11.4 Å². The van der Waals surface area contributed by atoms with Gasteiger partial charge >= 0.3 is 0 Å². The lowest BCUT2D eigenvalue weighted by atomic mass is 10.1. The van der Waals surface area contributed by atoms with Gasteiger partial charge in [0, 0.05) is 37.6 Å². The largest absolute Gasteiger partial charge is 0.369 e. The minimum atomic E-state index is -3.31. The highest BCUT2D eigenvalue weighted by molar-refractivity contribution is 7.88. The molecule has 0 unspecified atom stereocenters. The molecule has 1 amide bonds. The molecule has 2 heterocycles. The van der Waals surface area contributed by atoms with Crippen LogP contribution in [0.1, 0.15) is 10.4 Å². The zero-order valence-corrected chi connectivity index (χ0v) is 13.9. The number of primary amides is 1. The Balaban J connectivity index is 2.14. The standard InChI is InChI=1S/C13H21N3O3S2/c1-10-3-6-20-12(10)9-15-4-5-16(21(2,18)19)8-11(7-15)13(14)17/h3,6,11H,4-5,7-9H2,1-2H3,(H2,14,17)/t11-/m0/s1. The van der Waals surface area contributed by atoms with Crippen LogP contribution in [0.3, 0.4) is 0 Å². The first kappa shape index (κ1) is 16.4. The number of amides is 1. The van der Waals surface area contributed by atoms with Crippen molar-refractivity contribution in [2.75, 3.05) is 32.4 Å². The number of thiophene rings is 1. The summed E-state index contributed by atoms with van der Waals surface area (Å²) in [6.07, 6.45) is 1.17. The summed E-state index contributed by atoms with van der Waals surface area (Å²) in [5, 5.41) is 2.04. The summed E-state index contributed by atoms with van der Waals surface area (Å²) in [6, 6.07) is 2.06. The van der Waals surface area contributed by atoms with Crippen LogP contribution in [-0.2, 0) is 21.4 Å². The number of carbonyl (C=O) groups is 1. The summed E-state index contributed by atoms with van der Waals surface area (Å²) < 4.78 is 24.8. The van der Waals surface area contributed by atoms with E-state index in [4.69, 9.17) is 5.73 Å². The van der Waals surface area contributed by atoms with Crippen molar-refractivity contribution >= 4 is 27.3 Å². The molecule has 1 aromatic heterocycles. The van der Waals surface area contributed by atoms with E-state index in [1.807, 2.05) is 5.38 Å². The van der Waals surface area contributed by atoms with Gasteiger partial charge in [0.2, 0.25) is 15.9 Å². The second-order valence-corrected chi connectivity index (χ2v) is 8.47. The van der Waals surface area contributed by atoms with Gasteiger partial charge in [-0.15, -0.1) is 11.3 Å². The summed E-state index contributed by atoms with van der Waals surface area (Å²) in [4.78, 5) is 14.9. The molecule has 0 saturated carbocycles. The molecule has 8 heteroatoms.